The number of hydrogen-bond acceptors (Lipinski definition) is 2. The molecule has 6 heteroatoms. The maximum atomic E-state index is 12.9. The van der Waals surface area contributed by atoms with Gasteiger partial charge in [0.2, 0.25) is 0 Å². The molecule has 1 fully saturated rings. The third-order valence-corrected chi connectivity index (χ3v) is 3.89. The molecule has 0 spiro atoms. The summed E-state index contributed by atoms with van der Waals surface area (Å²) in [4.78, 5) is 15.7. The monoisotopic (exact) mass is 302 g/mol. The van der Waals surface area contributed by atoms with Crippen LogP contribution < -0.4 is 5.32 Å². The minimum absolute atomic E-state index is 0.0446. The highest BCUT2D eigenvalue weighted by Crippen LogP contribution is 2.26. The molecule has 0 radical (unpaired) electrons. The Morgan fingerprint density at radius 1 is 1.40 bits per heavy atom. The largest absolute Gasteiger partial charge is 0.349 e. The maximum Gasteiger partial charge on any atom is 0.281 e. The summed E-state index contributed by atoms with van der Waals surface area (Å²) < 4.78 is 25.7. The average molecular weight is 303 g/mol. The van der Waals surface area contributed by atoms with E-state index < -0.39 is 18.0 Å². The molecule has 3 nitrogen and oxygen atoms in total. The Morgan fingerprint density at radius 3 is 2.65 bits per heavy atom. The normalized spacial score (nSPS) is 22.9. The van der Waals surface area contributed by atoms with E-state index in [0.717, 1.165) is 31.9 Å². The fraction of sp³-hybridized carbons (Fsp3) is 0.571. The Kier molecular flexibility index (Phi) is 4.91. The van der Waals surface area contributed by atoms with E-state index in [4.69, 9.17) is 11.6 Å². The zero-order valence-corrected chi connectivity index (χ0v) is 12.0. The van der Waals surface area contributed by atoms with Gasteiger partial charge < -0.3 is 5.32 Å². The van der Waals surface area contributed by atoms with Crippen LogP contribution in [0.4, 0.5) is 8.78 Å². The Bertz CT molecular complexity index is 488. The number of alkyl halides is 2. The van der Waals surface area contributed by atoms with E-state index in [9.17, 15) is 13.6 Å². The lowest BCUT2D eigenvalue weighted by molar-refractivity contribution is 0.0907. The van der Waals surface area contributed by atoms with Crippen LogP contribution in [0.3, 0.4) is 0 Å². The molecule has 0 saturated heterocycles. The first-order chi connectivity index (χ1) is 9.47. The van der Waals surface area contributed by atoms with Crippen LogP contribution in [0.15, 0.2) is 12.3 Å². The number of halogens is 3. The van der Waals surface area contributed by atoms with Gasteiger partial charge in [0.15, 0.2) is 0 Å². The molecule has 1 aliphatic rings. The number of rotatable bonds is 3. The summed E-state index contributed by atoms with van der Waals surface area (Å²) in [6, 6.07) is 1.29. The highest BCUT2D eigenvalue weighted by Gasteiger charge is 2.24. The predicted molar refractivity (Wildman–Crippen MR) is 73.1 cm³/mol. The summed E-state index contributed by atoms with van der Waals surface area (Å²) in [5.74, 6) is 0.141. The van der Waals surface area contributed by atoms with Crippen molar-refractivity contribution in [3.63, 3.8) is 0 Å². The zero-order valence-electron chi connectivity index (χ0n) is 11.2. The van der Waals surface area contributed by atoms with Gasteiger partial charge in [0.05, 0.1) is 10.6 Å². The van der Waals surface area contributed by atoms with Gasteiger partial charge in [-0.05, 0) is 37.7 Å². The third kappa shape index (κ3) is 3.66. The van der Waals surface area contributed by atoms with E-state index in [0.29, 0.717) is 5.92 Å². The smallest absolute Gasteiger partial charge is 0.281 e. The molecule has 1 aromatic heterocycles. The van der Waals surface area contributed by atoms with Gasteiger partial charge in [-0.3, -0.25) is 9.78 Å². The standard InChI is InChI=1S/C14H17ClF2N2O/c1-8-2-4-10(5-3-8)19-14(20)11-6-9(15)7-18-12(11)13(16)17/h6-8,10,13H,2-5H2,1H3,(H,19,20). The zero-order chi connectivity index (χ0) is 14.7. The first-order valence-electron chi connectivity index (χ1n) is 6.72. The number of nitrogens with one attached hydrogen (secondary N) is 1. The predicted octanol–water partition coefficient (Wildman–Crippen LogP) is 3.98. The van der Waals surface area contributed by atoms with E-state index in [2.05, 4.69) is 17.2 Å². The van der Waals surface area contributed by atoms with Crippen molar-refractivity contribution < 1.29 is 13.6 Å². The van der Waals surface area contributed by atoms with Crippen LogP contribution in [0.5, 0.6) is 0 Å². The molecule has 1 saturated carbocycles. The molecule has 0 atom stereocenters. The van der Waals surface area contributed by atoms with Crippen molar-refractivity contribution >= 4 is 17.5 Å². The molecule has 110 valence electrons. The number of amides is 1. The summed E-state index contributed by atoms with van der Waals surface area (Å²) in [6.45, 7) is 2.17. The van der Waals surface area contributed by atoms with Crippen LogP contribution in [-0.4, -0.2) is 16.9 Å². The lowest BCUT2D eigenvalue weighted by Gasteiger charge is -2.27. The number of carbonyl (C=O) groups is 1. The van der Waals surface area contributed by atoms with E-state index in [1.54, 1.807) is 0 Å². The van der Waals surface area contributed by atoms with Crippen LogP contribution in [0, 0.1) is 5.92 Å². The summed E-state index contributed by atoms with van der Waals surface area (Å²) in [5, 5.41) is 2.98. The molecule has 0 unspecified atom stereocenters. The molecule has 0 bridgehead atoms. The third-order valence-electron chi connectivity index (χ3n) is 3.69. The molecule has 1 heterocycles. The number of aromatic nitrogens is 1. The van der Waals surface area contributed by atoms with Crippen LogP contribution in [0.2, 0.25) is 5.02 Å². The van der Waals surface area contributed by atoms with Crippen molar-refractivity contribution in [2.45, 2.75) is 45.1 Å². The maximum absolute atomic E-state index is 12.9. The first-order valence-corrected chi connectivity index (χ1v) is 7.09. The molecule has 20 heavy (non-hydrogen) atoms. The van der Waals surface area contributed by atoms with Crippen LogP contribution in [0.25, 0.3) is 0 Å². The second-order valence-electron chi connectivity index (χ2n) is 5.32. The van der Waals surface area contributed by atoms with Crippen molar-refractivity contribution in [1.29, 1.82) is 0 Å². The average Bonchev–Trinajstić information content (AvgIpc) is 2.41. The molecule has 1 amide bonds. The Hall–Kier alpha value is -1.23. The van der Waals surface area contributed by atoms with Crippen LogP contribution >= 0.6 is 11.6 Å². The van der Waals surface area contributed by atoms with E-state index in [1.165, 1.54) is 6.07 Å². The highest BCUT2D eigenvalue weighted by atomic mass is 35.5. The molecule has 1 N–H and O–H groups in total. The van der Waals surface area contributed by atoms with Gasteiger partial charge in [-0.25, -0.2) is 8.78 Å². The molecule has 1 aliphatic carbocycles. The number of nitrogens with zero attached hydrogens (tertiary/aromatic N) is 1. The lowest BCUT2D eigenvalue weighted by atomic mass is 9.87. The summed E-state index contributed by atoms with van der Waals surface area (Å²) >= 11 is 5.74. The van der Waals surface area contributed by atoms with Gasteiger partial charge in [0.1, 0.15) is 5.69 Å². The van der Waals surface area contributed by atoms with Crippen molar-refractivity contribution in [3.05, 3.63) is 28.5 Å². The molecule has 1 aromatic rings. The first kappa shape index (κ1) is 15.2. The minimum Gasteiger partial charge on any atom is -0.349 e. The topological polar surface area (TPSA) is 42.0 Å². The molecular weight excluding hydrogens is 286 g/mol. The van der Waals surface area contributed by atoms with E-state index >= 15 is 0 Å². The van der Waals surface area contributed by atoms with Crippen molar-refractivity contribution in [2.75, 3.05) is 0 Å². The number of hydrogen-bond donors (Lipinski definition) is 1. The summed E-state index contributed by atoms with van der Waals surface area (Å²) in [5.41, 5.74) is -0.651. The van der Waals surface area contributed by atoms with Crippen molar-refractivity contribution in [2.24, 2.45) is 5.92 Å². The van der Waals surface area contributed by atoms with Gasteiger partial charge in [-0.2, -0.15) is 0 Å². The van der Waals surface area contributed by atoms with Crippen LogP contribution in [-0.2, 0) is 0 Å². The summed E-state index contributed by atoms with van der Waals surface area (Å²) in [7, 11) is 0. The fourth-order valence-electron chi connectivity index (χ4n) is 2.47. The highest BCUT2D eigenvalue weighted by molar-refractivity contribution is 6.30. The minimum atomic E-state index is -2.79. The van der Waals surface area contributed by atoms with Crippen molar-refractivity contribution in [3.8, 4) is 0 Å². The Morgan fingerprint density at radius 2 is 2.05 bits per heavy atom. The molecule has 0 aromatic carbocycles. The number of carbonyl (C=O) groups excluding carboxylic acids is 1. The van der Waals surface area contributed by atoms with Crippen molar-refractivity contribution in [1.82, 2.24) is 10.3 Å². The lowest BCUT2D eigenvalue weighted by Crippen LogP contribution is -2.37. The van der Waals surface area contributed by atoms with Gasteiger partial charge in [0.25, 0.3) is 12.3 Å². The van der Waals surface area contributed by atoms with Gasteiger partial charge in [0, 0.05) is 12.2 Å². The SMILES string of the molecule is CC1CCC(NC(=O)c2cc(Cl)cnc2C(F)F)CC1. The fourth-order valence-corrected chi connectivity index (χ4v) is 2.63. The second kappa shape index (κ2) is 6.48. The molecular formula is C14H17ClF2N2O. The van der Waals surface area contributed by atoms with E-state index in [1.807, 2.05) is 0 Å². The van der Waals surface area contributed by atoms with Gasteiger partial charge in [-0.15, -0.1) is 0 Å². The number of pyridine rings is 1. The van der Waals surface area contributed by atoms with Crippen LogP contribution in [0.1, 0.15) is 55.1 Å². The Balaban J connectivity index is 2.10. The van der Waals surface area contributed by atoms with Gasteiger partial charge >= 0.3 is 0 Å². The Labute approximate surface area is 121 Å². The van der Waals surface area contributed by atoms with E-state index in [-0.39, 0.29) is 16.6 Å². The quantitative estimate of drug-likeness (QED) is 0.917. The van der Waals surface area contributed by atoms with Gasteiger partial charge in [-0.1, -0.05) is 18.5 Å². The molecule has 2 rings (SSSR count). The second-order valence-corrected chi connectivity index (χ2v) is 5.75. The molecule has 0 aliphatic heterocycles. The summed E-state index contributed by atoms with van der Waals surface area (Å²) in [6.07, 6.45) is 2.18.